The van der Waals surface area contributed by atoms with Gasteiger partial charge in [0.15, 0.2) is 0 Å². The van der Waals surface area contributed by atoms with Crippen LogP contribution >= 0.6 is 11.8 Å². The van der Waals surface area contributed by atoms with Crippen LogP contribution in [0, 0.1) is 6.92 Å². The number of methoxy groups -OCH3 is 1. The third-order valence-corrected chi connectivity index (χ3v) is 5.49. The van der Waals surface area contributed by atoms with Crippen molar-refractivity contribution in [1.29, 1.82) is 0 Å². The van der Waals surface area contributed by atoms with Crippen molar-refractivity contribution in [2.24, 2.45) is 0 Å². The predicted octanol–water partition coefficient (Wildman–Crippen LogP) is 3.97. The van der Waals surface area contributed by atoms with Crippen molar-refractivity contribution in [2.45, 2.75) is 56.8 Å². The van der Waals surface area contributed by atoms with Gasteiger partial charge in [0.1, 0.15) is 5.75 Å². The number of rotatable bonds is 6. The molecule has 1 saturated carbocycles. The molecule has 2 rings (SSSR count). The van der Waals surface area contributed by atoms with Gasteiger partial charge in [-0.05, 0) is 31.4 Å². The third kappa shape index (κ3) is 4.71. The highest BCUT2D eigenvalue weighted by molar-refractivity contribution is 7.99. The zero-order chi connectivity index (χ0) is 14.4. The number of thioether (sulfide) groups is 1. The summed E-state index contributed by atoms with van der Waals surface area (Å²) < 4.78 is 5.38. The highest BCUT2D eigenvalue weighted by Crippen LogP contribution is 2.29. The molecule has 1 fully saturated rings. The molecule has 1 aliphatic carbocycles. The lowest BCUT2D eigenvalue weighted by Crippen LogP contribution is -2.18. The maximum Gasteiger partial charge on any atom is 0.122 e. The molecule has 3 heteroatoms. The number of hydrogen-bond acceptors (Lipinski definition) is 3. The summed E-state index contributed by atoms with van der Waals surface area (Å²) in [6.45, 7) is 2.08. The quantitative estimate of drug-likeness (QED) is 0.861. The largest absolute Gasteiger partial charge is 0.496 e. The topological polar surface area (TPSA) is 29.5 Å². The van der Waals surface area contributed by atoms with E-state index in [-0.39, 0.29) is 6.10 Å². The van der Waals surface area contributed by atoms with Crippen LogP contribution in [0.25, 0.3) is 0 Å². The van der Waals surface area contributed by atoms with Crippen LogP contribution < -0.4 is 4.74 Å². The molecule has 0 aromatic heterocycles. The molecule has 0 spiro atoms. The fraction of sp³-hybridized carbons (Fsp3) is 0.647. The summed E-state index contributed by atoms with van der Waals surface area (Å²) in [6.07, 6.45) is 7.16. The molecule has 112 valence electrons. The predicted molar refractivity (Wildman–Crippen MR) is 86.8 cm³/mol. The van der Waals surface area contributed by atoms with Crippen LogP contribution in [0.1, 0.15) is 43.2 Å². The molecule has 1 aromatic carbocycles. The summed E-state index contributed by atoms with van der Waals surface area (Å²) in [6, 6.07) is 6.16. The maximum atomic E-state index is 10.3. The Bertz CT molecular complexity index is 413. The van der Waals surface area contributed by atoms with Gasteiger partial charge in [-0.15, -0.1) is 0 Å². The standard InChI is InChI=1S/C17H26O2S/c1-13-8-9-17(19-2)14(10-13)11-15(18)12-20-16-6-4-3-5-7-16/h8-10,15-16,18H,3-7,11-12H2,1-2H3. The van der Waals surface area contributed by atoms with Crippen molar-refractivity contribution in [3.63, 3.8) is 0 Å². The van der Waals surface area contributed by atoms with Gasteiger partial charge in [0.05, 0.1) is 13.2 Å². The highest BCUT2D eigenvalue weighted by atomic mass is 32.2. The highest BCUT2D eigenvalue weighted by Gasteiger charge is 2.16. The van der Waals surface area contributed by atoms with Gasteiger partial charge < -0.3 is 9.84 Å². The molecule has 1 N–H and O–H groups in total. The Hall–Kier alpha value is -0.670. The van der Waals surface area contributed by atoms with Crippen LogP contribution in [0.2, 0.25) is 0 Å². The Morgan fingerprint density at radius 2 is 2.05 bits per heavy atom. The first-order chi connectivity index (χ1) is 9.69. The average Bonchev–Trinajstić information content (AvgIpc) is 2.46. The van der Waals surface area contributed by atoms with Gasteiger partial charge in [-0.3, -0.25) is 0 Å². The second kappa shape index (κ2) is 7.94. The van der Waals surface area contributed by atoms with Gasteiger partial charge in [-0.2, -0.15) is 11.8 Å². The maximum absolute atomic E-state index is 10.3. The Balaban J connectivity index is 1.84. The van der Waals surface area contributed by atoms with Crippen LogP contribution in [0.3, 0.4) is 0 Å². The van der Waals surface area contributed by atoms with E-state index in [1.165, 1.54) is 37.7 Å². The van der Waals surface area contributed by atoms with Gasteiger partial charge in [-0.1, -0.05) is 37.0 Å². The lowest BCUT2D eigenvalue weighted by molar-refractivity contribution is 0.198. The van der Waals surface area contributed by atoms with Gasteiger partial charge in [-0.25, -0.2) is 0 Å². The number of aliphatic hydroxyl groups excluding tert-OH is 1. The summed E-state index contributed by atoms with van der Waals surface area (Å²) in [7, 11) is 1.69. The van der Waals surface area contributed by atoms with E-state index in [0.29, 0.717) is 6.42 Å². The monoisotopic (exact) mass is 294 g/mol. The molecular formula is C17H26O2S. The van der Waals surface area contributed by atoms with Crippen LogP contribution in [0.5, 0.6) is 5.75 Å². The number of ether oxygens (including phenoxy) is 1. The second-order valence-electron chi connectivity index (χ2n) is 5.77. The number of aliphatic hydroxyl groups is 1. The van der Waals surface area contributed by atoms with Crippen molar-refractivity contribution in [2.75, 3.05) is 12.9 Å². The molecule has 0 amide bonds. The first-order valence-corrected chi connectivity index (χ1v) is 8.67. The van der Waals surface area contributed by atoms with Gasteiger partial charge in [0.25, 0.3) is 0 Å². The van der Waals surface area contributed by atoms with Gasteiger partial charge in [0, 0.05) is 17.4 Å². The summed E-state index contributed by atoms with van der Waals surface area (Å²) in [5.41, 5.74) is 2.33. The zero-order valence-electron chi connectivity index (χ0n) is 12.6. The molecular weight excluding hydrogens is 268 g/mol. The van der Waals surface area contributed by atoms with Gasteiger partial charge in [0.2, 0.25) is 0 Å². The van der Waals surface area contributed by atoms with E-state index in [0.717, 1.165) is 22.3 Å². The van der Waals surface area contributed by atoms with E-state index in [9.17, 15) is 5.11 Å². The number of hydrogen-bond donors (Lipinski definition) is 1. The zero-order valence-corrected chi connectivity index (χ0v) is 13.4. The van der Waals surface area contributed by atoms with Crippen molar-refractivity contribution in [3.05, 3.63) is 29.3 Å². The van der Waals surface area contributed by atoms with E-state index < -0.39 is 0 Å². The fourth-order valence-electron chi connectivity index (χ4n) is 2.86. The lowest BCUT2D eigenvalue weighted by atomic mass is 10.0. The van der Waals surface area contributed by atoms with Crippen molar-refractivity contribution in [1.82, 2.24) is 0 Å². The van der Waals surface area contributed by atoms with Gasteiger partial charge >= 0.3 is 0 Å². The van der Waals surface area contributed by atoms with E-state index in [4.69, 9.17) is 4.74 Å². The van der Waals surface area contributed by atoms with Crippen LogP contribution in [0.15, 0.2) is 18.2 Å². The first kappa shape index (κ1) is 15.7. The summed E-state index contributed by atoms with van der Waals surface area (Å²) in [4.78, 5) is 0. The molecule has 1 atom stereocenters. The summed E-state index contributed by atoms with van der Waals surface area (Å²) >= 11 is 1.95. The Morgan fingerprint density at radius 1 is 1.30 bits per heavy atom. The minimum Gasteiger partial charge on any atom is -0.496 e. The molecule has 0 heterocycles. The SMILES string of the molecule is COc1ccc(C)cc1CC(O)CSC1CCCCC1. The van der Waals surface area contributed by atoms with Crippen molar-refractivity contribution in [3.8, 4) is 5.75 Å². The molecule has 1 aromatic rings. The first-order valence-electron chi connectivity index (χ1n) is 7.62. The van der Waals surface area contributed by atoms with Crippen LogP contribution in [-0.2, 0) is 6.42 Å². The second-order valence-corrected chi connectivity index (χ2v) is 7.10. The minimum absolute atomic E-state index is 0.280. The molecule has 1 aliphatic rings. The summed E-state index contributed by atoms with van der Waals surface area (Å²) in [5.74, 6) is 1.72. The Labute approximate surface area is 126 Å². The fourth-order valence-corrected chi connectivity index (χ4v) is 4.14. The molecule has 0 aliphatic heterocycles. The molecule has 0 bridgehead atoms. The molecule has 20 heavy (non-hydrogen) atoms. The minimum atomic E-state index is -0.280. The van der Waals surface area contributed by atoms with Crippen LogP contribution in [0.4, 0.5) is 0 Å². The number of aryl methyl sites for hydroxylation is 1. The van der Waals surface area contributed by atoms with Crippen LogP contribution in [-0.4, -0.2) is 29.3 Å². The molecule has 0 saturated heterocycles. The Morgan fingerprint density at radius 3 is 2.75 bits per heavy atom. The van der Waals surface area contributed by atoms with E-state index in [1.807, 2.05) is 23.9 Å². The van der Waals surface area contributed by atoms with E-state index in [2.05, 4.69) is 13.0 Å². The number of benzene rings is 1. The average molecular weight is 294 g/mol. The normalized spacial score (nSPS) is 17.9. The van der Waals surface area contributed by atoms with E-state index >= 15 is 0 Å². The van der Waals surface area contributed by atoms with Crippen molar-refractivity contribution >= 4 is 11.8 Å². The summed E-state index contributed by atoms with van der Waals surface area (Å²) in [5, 5.41) is 11.0. The molecule has 2 nitrogen and oxygen atoms in total. The molecule has 0 radical (unpaired) electrons. The Kier molecular flexibility index (Phi) is 6.24. The van der Waals surface area contributed by atoms with E-state index in [1.54, 1.807) is 7.11 Å². The lowest BCUT2D eigenvalue weighted by Gasteiger charge is -2.22. The molecule has 1 unspecified atom stereocenters. The van der Waals surface area contributed by atoms with Crippen molar-refractivity contribution < 1.29 is 9.84 Å². The smallest absolute Gasteiger partial charge is 0.122 e. The third-order valence-electron chi connectivity index (χ3n) is 3.97.